The van der Waals surface area contributed by atoms with Gasteiger partial charge < -0.3 is 0 Å². The van der Waals surface area contributed by atoms with Crippen LogP contribution in [0.25, 0.3) is 21.5 Å². The lowest BCUT2D eigenvalue weighted by atomic mass is 9.68. The summed E-state index contributed by atoms with van der Waals surface area (Å²) in [5.41, 5.74) is 5.06. The average Bonchev–Trinajstić information content (AvgIpc) is 2.78. The maximum Gasteiger partial charge on any atom is 0.0435 e. The molecular formula is C29H24. The first-order valence-electron chi connectivity index (χ1n) is 10.2. The first-order valence-corrected chi connectivity index (χ1v) is 10.2. The van der Waals surface area contributed by atoms with Crippen LogP contribution in [0.1, 0.15) is 29.2 Å². The van der Waals surface area contributed by atoms with Crippen LogP contribution in [-0.4, -0.2) is 0 Å². The number of rotatable bonds is 3. The highest BCUT2D eigenvalue weighted by molar-refractivity contribution is 6.05. The molecule has 0 saturated carbocycles. The molecule has 0 unspecified atom stereocenters. The minimum atomic E-state index is -0.270. The third-order valence-electron chi connectivity index (χ3n) is 6.30. The summed E-state index contributed by atoms with van der Waals surface area (Å²) in [6.45, 7) is 4.61. The van der Waals surface area contributed by atoms with E-state index in [1.165, 1.54) is 43.8 Å². The maximum absolute atomic E-state index is 2.38. The molecule has 0 bridgehead atoms. The van der Waals surface area contributed by atoms with Crippen LogP contribution >= 0.6 is 0 Å². The largest absolute Gasteiger partial charge is 0.0622 e. The SMILES string of the molecule is Cc1cccc2cc3ccccc3c(C(C)(c3ccccc3)c3ccccc3)c12. The predicted molar refractivity (Wildman–Crippen MR) is 125 cm³/mol. The fraction of sp³-hybridized carbons (Fsp3) is 0.103. The summed E-state index contributed by atoms with van der Waals surface area (Å²) < 4.78 is 0. The van der Waals surface area contributed by atoms with Gasteiger partial charge in [0.2, 0.25) is 0 Å². The third-order valence-corrected chi connectivity index (χ3v) is 6.30. The summed E-state index contributed by atoms with van der Waals surface area (Å²) in [5, 5.41) is 5.28. The predicted octanol–water partition coefficient (Wildman–Crippen LogP) is 7.66. The van der Waals surface area contributed by atoms with E-state index in [0.717, 1.165) is 0 Å². The van der Waals surface area contributed by atoms with E-state index >= 15 is 0 Å². The van der Waals surface area contributed by atoms with Gasteiger partial charge in [-0.25, -0.2) is 0 Å². The average molecular weight is 373 g/mol. The van der Waals surface area contributed by atoms with E-state index in [1.807, 2.05) is 0 Å². The molecule has 0 heterocycles. The third kappa shape index (κ3) is 2.76. The molecule has 0 atom stereocenters. The Bertz CT molecular complexity index is 1260. The molecule has 5 rings (SSSR count). The van der Waals surface area contributed by atoms with Crippen LogP contribution in [0.3, 0.4) is 0 Å². The van der Waals surface area contributed by atoms with Crippen LogP contribution in [0.5, 0.6) is 0 Å². The molecule has 0 aliphatic carbocycles. The smallest absolute Gasteiger partial charge is 0.0435 e. The van der Waals surface area contributed by atoms with Crippen LogP contribution < -0.4 is 0 Å². The van der Waals surface area contributed by atoms with Crippen LogP contribution in [0.4, 0.5) is 0 Å². The number of hydrogen-bond donors (Lipinski definition) is 0. The molecule has 29 heavy (non-hydrogen) atoms. The Morgan fingerprint density at radius 2 is 1.10 bits per heavy atom. The number of fused-ring (bicyclic) bond motifs is 2. The van der Waals surface area contributed by atoms with Gasteiger partial charge in [0.25, 0.3) is 0 Å². The molecule has 0 spiro atoms. The van der Waals surface area contributed by atoms with E-state index < -0.39 is 0 Å². The van der Waals surface area contributed by atoms with Gasteiger partial charge >= 0.3 is 0 Å². The fourth-order valence-electron chi connectivity index (χ4n) is 4.82. The van der Waals surface area contributed by atoms with Gasteiger partial charge in [-0.05, 0) is 63.7 Å². The number of aryl methyl sites for hydroxylation is 1. The summed E-state index contributed by atoms with van der Waals surface area (Å²) in [6, 6.07) is 39.6. The zero-order chi connectivity index (χ0) is 19.8. The molecule has 0 aliphatic rings. The van der Waals surface area contributed by atoms with Crippen molar-refractivity contribution in [1.29, 1.82) is 0 Å². The lowest BCUT2D eigenvalue weighted by Crippen LogP contribution is -2.26. The molecule has 5 aromatic rings. The quantitative estimate of drug-likeness (QED) is 0.225. The van der Waals surface area contributed by atoms with Gasteiger partial charge in [-0.2, -0.15) is 0 Å². The van der Waals surface area contributed by atoms with Crippen LogP contribution in [0.15, 0.2) is 109 Å². The van der Waals surface area contributed by atoms with Crippen molar-refractivity contribution in [3.63, 3.8) is 0 Å². The van der Waals surface area contributed by atoms with Crippen molar-refractivity contribution in [3.8, 4) is 0 Å². The van der Waals surface area contributed by atoms with Gasteiger partial charge in [0, 0.05) is 5.41 Å². The van der Waals surface area contributed by atoms with E-state index in [1.54, 1.807) is 0 Å². The fourth-order valence-corrected chi connectivity index (χ4v) is 4.82. The van der Waals surface area contributed by atoms with Crippen molar-refractivity contribution in [1.82, 2.24) is 0 Å². The Balaban J connectivity index is 2.02. The first-order chi connectivity index (χ1) is 14.2. The zero-order valence-electron chi connectivity index (χ0n) is 16.9. The molecule has 0 aliphatic heterocycles. The van der Waals surface area contributed by atoms with Crippen molar-refractivity contribution in [3.05, 3.63) is 131 Å². The molecule has 0 N–H and O–H groups in total. The molecule has 0 fully saturated rings. The highest BCUT2D eigenvalue weighted by atomic mass is 14.4. The van der Waals surface area contributed by atoms with Crippen molar-refractivity contribution in [2.24, 2.45) is 0 Å². The van der Waals surface area contributed by atoms with Crippen LogP contribution in [-0.2, 0) is 5.41 Å². The van der Waals surface area contributed by atoms with Gasteiger partial charge in [0.1, 0.15) is 0 Å². The Morgan fingerprint density at radius 1 is 0.552 bits per heavy atom. The lowest BCUT2D eigenvalue weighted by molar-refractivity contribution is 0.705. The van der Waals surface area contributed by atoms with E-state index in [4.69, 9.17) is 0 Å². The molecule has 5 aromatic carbocycles. The van der Waals surface area contributed by atoms with Crippen molar-refractivity contribution in [2.75, 3.05) is 0 Å². The van der Waals surface area contributed by atoms with Gasteiger partial charge in [0.05, 0.1) is 0 Å². The van der Waals surface area contributed by atoms with Crippen molar-refractivity contribution >= 4 is 21.5 Å². The molecular weight excluding hydrogens is 348 g/mol. The standard InChI is InChI=1S/C29H24/c1-21-12-11-14-23-20-22-13-9-10-19-26(22)28(27(21)23)29(2,24-15-5-3-6-16-24)25-17-7-4-8-18-25/h3-20H,1-2H3. The summed E-state index contributed by atoms with van der Waals surface area (Å²) in [6.07, 6.45) is 0. The first kappa shape index (κ1) is 17.7. The van der Waals surface area contributed by atoms with E-state index in [2.05, 4.69) is 123 Å². The van der Waals surface area contributed by atoms with Crippen LogP contribution in [0, 0.1) is 6.92 Å². The second kappa shape index (κ2) is 6.90. The summed E-state index contributed by atoms with van der Waals surface area (Å²) in [4.78, 5) is 0. The highest BCUT2D eigenvalue weighted by Gasteiger charge is 2.34. The highest BCUT2D eigenvalue weighted by Crippen LogP contribution is 2.46. The molecule has 0 radical (unpaired) electrons. The molecule has 0 aromatic heterocycles. The van der Waals surface area contributed by atoms with Gasteiger partial charge in [-0.3, -0.25) is 0 Å². The van der Waals surface area contributed by atoms with E-state index in [9.17, 15) is 0 Å². The summed E-state index contributed by atoms with van der Waals surface area (Å²) >= 11 is 0. The topological polar surface area (TPSA) is 0 Å². The second-order valence-corrected chi connectivity index (χ2v) is 8.00. The number of hydrogen-bond acceptors (Lipinski definition) is 0. The van der Waals surface area contributed by atoms with Crippen molar-refractivity contribution in [2.45, 2.75) is 19.3 Å². The Labute approximate surface area is 172 Å². The van der Waals surface area contributed by atoms with Crippen molar-refractivity contribution < 1.29 is 0 Å². The molecule has 0 nitrogen and oxygen atoms in total. The zero-order valence-corrected chi connectivity index (χ0v) is 16.9. The minimum absolute atomic E-state index is 0.270. The lowest BCUT2D eigenvalue weighted by Gasteiger charge is -2.34. The molecule has 0 amide bonds. The molecule has 0 heteroatoms. The van der Waals surface area contributed by atoms with E-state index in [0.29, 0.717) is 0 Å². The van der Waals surface area contributed by atoms with Crippen LogP contribution in [0.2, 0.25) is 0 Å². The second-order valence-electron chi connectivity index (χ2n) is 8.00. The van der Waals surface area contributed by atoms with Gasteiger partial charge in [-0.1, -0.05) is 103 Å². The Hall–Kier alpha value is -3.38. The Kier molecular flexibility index (Phi) is 4.21. The summed E-state index contributed by atoms with van der Waals surface area (Å²) in [7, 11) is 0. The minimum Gasteiger partial charge on any atom is -0.0622 e. The molecule has 140 valence electrons. The van der Waals surface area contributed by atoms with Gasteiger partial charge in [0.15, 0.2) is 0 Å². The normalized spacial score (nSPS) is 11.8. The Morgan fingerprint density at radius 3 is 1.76 bits per heavy atom. The molecule has 0 saturated heterocycles. The van der Waals surface area contributed by atoms with E-state index in [-0.39, 0.29) is 5.41 Å². The van der Waals surface area contributed by atoms with Gasteiger partial charge in [-0.15, -0.1) is 0 Å². The monoisotopic (exact) mass is 372 g/mol. The maximum atomic E-state index is 2.38. The number of benzene rings is 5. The summed E-state index contributed by atoms with van der Waals surface area (Å²) in [5.74, 6) is 0.